The number of hydrogen-bond acceptors (Lipinski definition) is 3. The Morgan fingerprint density at radius 3 is 2.26 bits per heavy atom. The molecule has 2 amide bonds. The van der Waals surface area contributed by atoms with Crippen LogP contribution in [0.1, 0.15) is 38.8 Å². The Labute approximate surface area is 161 Å². The second kappa shape index (κ2) is 8.71. The molecule has 0 aliphatic heterocycles. The Morgan fingerprint density at radius 1 is 1.04 bits per heavy atom. The first-order chi connectivity index (χ1) is 12.7. The van der Waals surface area contributed by atoms with Crippen LogP contribution in [0.2, 0.25) is 0 Å². The summed E-state index contributed by atoms with van der Waals surface area (Å²) in [6.07, 6.45) is -0.463. The molecular formula is C22H28N2O3. The van der Waals surface area contributed by atoms with Crippen molar-refractivity contribution in [1.82, 2.24) is 5.32 Å². The number of benzene rings is 2. The Balaban J connectivity index is 2.03. The lowest BCUT2D eigenvalue weighted by Gasteiger charge is -2.20. The first kappa shape index (κ1) is 20.5. The summed E-state index contributed by atoms with van der Waals surface area (Å²) in [6, 6.07) is 15.0. The molecule has 0 saturated carbocycles. The van der Waals surface area contributed by atoms with Crippen LogP contribution in [0.15, 0.2) is 48.5 Å². The molecule has 0 fully saturated rings. The first-order valence-corrected chi connectivity index (χ1v) is 9.07. The minimum Gasteiger partial charge on any atom is -0.481 e. The highest BCUT2D eigenvalue weighted by atomic mass is 16.5. The number of carbonyl (C=O) groups is 2. The van der Waals surface area contributed by atoms with Crippen molar-refractivity contribution in [2.45, 2.75) is 45.6 Å². The fourth-order valence-electron chi connectivity index (χ4n) is 2.58. The van der Waals surface area contributed by atoms with Crippen molar-refractivity contribution >= 4 is 17.5 Å². The third-order valence-electron chi connectivity index (χ3n) is 4.31. The molecule has 0 heterocycles. The molecule has 2 aromatic rings. The largest absolute Gasteiger partial charge is 0.481 e. The van der Waals surface area contributed by atoms with E-state index in [1.807, 2.05) is 42.5 Å². The number of carbonyl (C=O) groups excluding carboxylic acids is 2. The topological polar surface area (TPSA) is 67.4 Å². The van der Waals surface area contributed by atoms with E-state index >= 15 is 0 Å². The number of hydrogen-bond donors (Lipinski definition) is 2. The van der Waals surface area contributed by atoms with Gasteiger partial charge in [-0.2, -0.15) is 0 Å². The molecule has 27 heavy (non-hydrogen) atoms. The minimum absolute atomic E-state index is 0.0655. The zero-order valence-corrected chi connectivity index (χ0v) is 16.6. The molecule has 0 radical (unpaired) electrons. The van der Waals surface area contributed by atoms with Gasteiger partial charge in [0.05, 0.1) is 6.42 Å². The standard InChI is InChI=1S/C22H28N2O3/c1-15(27-18-12-10-17(11-13-18)22(2,3)4)21(26)24-19-9-7-6-8-16(19)14-20(25)23-5/h6-13,15H,14H2,1-5H3,(H,23,25)(H,24,26). The van der Waals surface area contributed by atoms with E-state index in [2.05, 4.69) is 31.4 Å². The quantitative estimate of drug-likeness (QED) is 0.817. The summed E-state index contributed by atoms with van der Waals surface area (Å²) in [7, 11) is 1.59. The highest BCUT2D eigenvalue weighted by Gasteiger charge is 2.18. The Morgan fingerprint density at radius 2 is 1.67 bits per heavy atom. The van der Waals surface area contributed by atoms with Crippen LogP contribution < -0.4 is 15.4 Å². The Bertz CT molecular complexity index is 792. The van der Waals surface area contributed by atoms with E-state index in [0.717, 1.165) is 5.56 Å². The third kappa shape index (κ3) is 5.84. The molecule has 2 rings (SSSR count). The molecule has 2 N–H and O–H groups in total. The number of anilines is 1. The Hall–Kier alpha value is -2.82. The van der Waals surface area contributed by atoms with Gasteiger partial charge in [0.15, 0.2) is 6.10 Å². The van der Waals surface area contributed by atoms with Crippen molar-refractivity contribution < 1.29 is 14.3 Å². The molecule has 0 saturated heterocycles. The van der Waals surface area contributed by atoms with E-state index in [9.17, 15) is 9.59 Å². The zero-order valence-electron chi connectivity index (χ0n) is 16.6. The molecule has 0 bridgehead atoms. The monoisotopic (exact) mass is 368 g/mol. The van der Waals surface area contributed by atoms with Crippen molar-refractivity contribution in [1.29, 1.82) is 0 Å². The van der Waals surface area contributed by atoms with E-state index in [1.165, 1.54) is 5.56 Å². The van der Waals surface area contributed by atoms with Gasteiger partial charge in [0, 0.05) is 12.7 Å². The smallest absolute Gasteiger partial charge is 0.265 e. The lowest BCUT2D eigenvalue weighted by molar-refractivity contribution is -0.122. The average molecular weight is 368 g/mol. The molecule has 0 aliphatic carbocycles. The summed E-state index contributed by atoms with van der Waals surface area (Å²) in [4.78, 5) is 24.2. The van der Waals surface area contributed by atoms with Gasteiger partial charge in [-0.3, -0.25) is 9.59 Å². The van der Waals surface area contributed by atoms with Gasteiger partial charge < -0.3 is 15.4 Å². The highest BCUT2D eigenvalue weighted by Crippen LogP contribution is 2.25. The van der Waals surface area contributed by atoms with Gasteiger partial charge in [-0.05, 0) is 41.7 Å². The number of rotatable bonds is 6. The molecule has 1 atom stereocenters. The van der Waals surface area contributed by atoms with Crippen molar-refractivity contribution in [3.8, 4) is 5.75 Å². The maximum absolute atomic E-state index is 12.5. The first-order valence-electron chi connectivity index (χ1n) is 9.07. The SMILES string of the molecule is CNC(=O)Cc1ccccc1NC(=O)C(C)Oc1ccc(C(C)(C)C)cc1. The second-order valence-corrected chi connectivity index (χ2v) is 7.53. The molecule has 1 unspecified atom stereocenters. The van der Waals surface area contributed by atoms with E-state index in [1.54, 1.807) is 20.0 Å². The molecular weight excluding hydrogens is 340 g/mol. The molecule has 0 aliphatic rings. The molecule has 5 nitrogen and oxygen atoms in total. The van der Waals surface area contributed by atoms with Gasteiger partial charge in [0.1, 0.15) is 5.75 Å². The highest BCUT2D eigenvalue weighted by molar-refractivity contribution is 5.95. The van der Waals surface area contributed by atoms with Crippen LogP contribution in [0.4, 0.5) is 5.69 Å². The van der Waals surface area contributed by atoms with E-state index in [4.69, 9.17) is 4.74 Å². The predicted molar refractivity (Wildman–Crippen MR) is 108 cm³/mol. The molecule has 0 spiro atoms. The van der Waals surface area contributed by atoms with Crippen LogP contribution in [0.5, 0.6) is 5.75 Å². The summed E-state index contributed by atoms with van der Waals surface area (Å²) in [5.41, 5.74) is 2.64. The summed E-state index contributed by atoms with van der Waals surface area (Å²) < 4.78 is 5.77. The Kier molecular flexibility index (Phi) is 6.61. The van der Waals surface area contributed by atoms with Crippen LogP contribution in [0.25, 0.3) is 0 Å². The minimum atomic E-state index is -0.668. The fraction of sp³-hybridized carbons (Fsp3) is 0.364. The molecule has 144 valence electrons. The lowest BCUT2D eigenvalue weighted by atomic mass is 9.87. The van der Waals surface area contributed by atoms with Gasteiger partial charge in [0.25, 0.3) is 5.91 Å². The van der Waals surface area contributed by atoms with Crippen LogP contribution in [-0.2, 0) is 21.4 Å². The van der Waals surface area contributed by atoms with Gasteiger partial charge >= 0.3 is 0 Å². The van der Waals surface area contributed by atoms with Crippen LogP contribution in [0, 0.1) is 0 Å². The normalized spacial score (nSPS) is 12.2. The van der Waals surface area contributed by atoms with Gasteiger partial charge in [-0.15, -0.1) is 0 Å². The molecule has 2 aromatic carbocycles. The summed E-state index contributed by atoms with van der Waals surface area (Å²) in [5.74, 6) is 0.267. The average Bonchev–Trinajstić information content (AvgIpc) is 2.62. The lowest BCUT2D eigenvalue weighted by Crippen LogP contribution is -2.31. The predicted octanol–water partition coefficient (Wildman–Crippen LogP) is 3.68. The van der Waals surface area contributed by atoms with E-state index in [-0.39, 0.29) is 23.7 Å². The zero-order chi connectivity index (χ0) is 20.0. The number of likely N-dealkylation sites (N-methyl/N-ethyl adjacent to an activating group) is 1. The van der Waals surface area contributed by atoms with Crippen molar-refractivity contribution in [2.24, 2.45) is 0 Å². The fourth-order valence-corrected chi connectivity index (χ4v) is 2.58. The molecule has 5 heteroatoms. The number of para-hydroxylation sites is 1. The number of nitrogens with one attached hydrogen (secondary N) is 2. The number of ether oxygens (including phenoxy) is 1. The maximum atomic E-state index is 12.5. The third-order valence-corrected chi connectivity index (χ3v) is 4.31. The van der Waals surface area contributed by atoms with Crippen molar-refractivity contribution in [2.75, 3.05) is 12.4 Å². The molecule has 0 aromatic heterocycles. The van der Waals surface area contributed by atoms with Gasteiger partial charge in [-0.1, -0.05) is 51.1 Å². The van der Waals surface area contributed by atoms with Crippen LogP contribution in [-0.4, -0.2) is 25.0 Å². The van der Waals surface area contributed by atoms with E-state index < -0.39 is 6.10 Å². The summed E-state index contributed by atoms with van der Waals surface area (Å²) in [5, 5.41) is 5.44. The van der Waals surface area contributed by atoms with Crippen LogP contribution in [0.3, 0.4) is 0 Å². The second-order valence-electron chi connectivity index (χ2n) is 7.53. The summed E-state index contributed by atoms with van der Waals surface area (Å²) in [6.45, 7) is 8.15. The number of amides is 2. The van der Waals surface area contributed by atoms with Crippen molar-refractivity contribution in [3.63, 3.8) is 0 Å². The van der Waals surface area contributed by atoms with Gasteiger partial charge in [0.2, 0.25) is 5.91 Å². The van der Waals surface area contributed by atoms with E-state index in [0.29, 0.717) is 11.4 Å². The van der Waals surface area contributed by atoms with Crippen LogP contribution >= 0.6 is 0 Å². The maximum Gasteiger partial charge on any atom is 0.265 e. The summed E-state index contributed by atoms with van der Waals surface area (Å²) >= 11 is 0. The van der Waals surface area contributed by atoms with Gasteiger partial charge in [-0.25, -0.2) is 0 Å². The van der Waals surface area contributed by atoms with Crippen molar-refractivity contribution in [3.05, 3.63) is 59.7 Å².